The van der Waals surface area contributed by atoms with Crippen LogP contribution in [-0.4, -0.2) is 10.9 Å². The maximum Gasteiger partial charge on any atom is 0.259 e. The Morgan fingerprint density at radius 2 is 2.05 bits per heavy atom. The molecule has 2 aromatic rings. The highest BCUT2D eigenvalue weighted by molar-refractivity contribution is 6.36. The molecule has 5 nitrogen and oxygen atoms in total. The van der Waals surface area contributed by atoms with Crippen molar-refractivity contribution in [2.45, 2.75) is 0 Å². The molecule has 0 bridgehead atoms. The van der Waals surface area contributed by atoms with E-state index in [1.54, 1.807) is 30.3 Å². The van der Waals surface area contributed by atoms with Crippen LogP contribution in [0.15, 0.2) is 36.5 Å². The summed E-state index contributed by atoms with van der Waals surface area (Å²) in [6.07, 6.45) is 1.53. The normalized spacial score (nSPS) is 10.1. The second-order valence-corrected chi connectivity index (χ2v) is 4.47. The van der Waals surface area contributed by atoms with Gasteiger partial charge in [0.05, 0.1) is 16.3 Å². The number of nitrogens with zero attached hydrogens (tertiary/aromatic N) is 1. The maximum absolute atomic E-state index is 12.1. The lowest BCUT2D eigenvalue weighted by Gasteiger charge is -2.09. The van der Waals surface area contributed by atoms with Crippen molar-refractivity contribution in [1.29, 1.82) is 0 Å². The third kappa shape index (κ3) is 3.14. The number of nitrogens with one attached hydrogen (secondary N) is 2. The molecule has 7 heteroatoms. The van der Waals surface area contributed by atoms with E-state index >= 15 is 0 Å². The van der Waals surface area contributed by atoms with Crippen molar-refractivity contribution in [1.82, 2.24) is 4.98 Å². The Morgan fingerprint density at radius 3 is 2.74 bits per heavy atom. The summed E-state index contributed by atoms with van der Waals surface area (Å²) in [6.45, 7) is 0. The SMILES string of the molecule is NNc1ncccc1C(=O)Nc1ccc(Cl)cc1Cl. The van der Waals surface area contributed by atoms with Crippen molar-refractivity contribution < 1.29 is 4.79 Å². The lowest BCUT2D eigenvalue weighted by molar-refractivity contribution is 0.102. The number of pyridine rings is 1. The summed E-state index contributed by atoms with van der Waals surface area (Å²) in [4.78, 5) is 16.0. The summed E-state index contributed by atoms with van der Waals surface area (Å²) in [5.41, 5.74) is 3.14. The zero-order valence-electron chi connectivity index (χ0n) is 9.65. The third-order valence-electron chi connectivity index (χ3n) is 2.37. The van der Waals surface area contributed by atoms with Gasteiger partial charge in [-0.15, -0.1) is 0 Å². The smallest absolute Gasteiger partial charge is 0.259 e. The summed E-state index contributed by atoms with van der Waals surface area (Å²) in [5.74, 6) is 5.21. The second-order valence-electron chi connectivity index (χ2n) is 3.62. The fourth-order valence-electron chi connectivity index (χ4n) is 1.48. The fraction of sp³-hybridized carbons (Fsp3) is 0. The molecule has 0 unspecified atom stereocenters. The van der Waals surface area contributed by atoms with Crippen molar-refractivity contribution in [2.75, 3.05) is 10.7 Å². The molecule has 0 atom stereocenters. The van der Waals surface area contributed by atoms with E-state index in [9.17, 15) is 4.79 Å². The summed E-state index contributed by atoms with van der Waals surface area (Å²) in [7, 11) is 0. The Bertz CT molecular complexity index is 618. The first kappa shape index (κ1) is 13.6. The van der Waals surface area contributed by atoms with Gasteiger partial charge in [-0.3, -0.25) is 4.79 Å². The average Bonchev–Trinajstić information content (AvgIpc) is 2.41. The molecule has 0 saturated heterocycles. The Labute approximate surface area is 119 Å². The van der Waals surface area contributed by atoms with Crippen molar-refractivity contribution in [3.8, 4) is 0 Å². The number of carbonyl (C=O) groups is 1. The number of hydrazine groups is 1. The molecule has 98 valence electrons. The van der Waals surface area contributed by atoms with Crippen LogP contribution < -0.4 is 16.6 Å². The third-order valence-corrected chi connectivity index (χ3v) is 2.92. The zero-order valence-corrected chi connectivity index (χ0v) is 11.2. The summed E-state index contributed by atoms with van der Waals surface area (Å²) in [5, 5.41) is 3.51. The van der Waals surface area contributed by atoms with E-state index in [1.807, 2.05) is 0 Å². The average molecular weight is 297 g/mol. The minimum absolute atomic E-state index is 0.282. The Hall–Kier alpha value is -1.82. The van der Waals surface area contributed by atoms with Crippen LogP contribution in [0.2, 0.25) is 10.0 Å². The Balaban J connectivity index is 2.26. The number of anilines is 2. The predicted octanol–water partition coefficient (Wildman–Crippen LogP) is 2.93. The lowest BCUT2D eigenvalue weighted by Crippen LogP contribution is -2.18. The number of benzene rings is 1. The van der Waals surface area contributed by atoms with Gasteiger partial charge in [-0.05, 0) is 30.3 Å². The largest absolute Gasteiger partial charge is 0.321 e. The van der Waals surface area contributed by atoms with Gasteiger partial charge in [-0.25, -0.2) is 10.8 Å². The minimum atomic E-state index is -0.370. The van der Waals surface area contributed by atoms with E-state index in [0.29, 0.717) is 21.3 Å². The lowest BCUT2D eigenvalue weighted by atomic mass is 10.2. The molecule has 1 amide bonds. The van der Waals surface area contributed by atoms with Crippen LogP contribution in [0.4, 0.5) is 11.5 Å². The van der Waals surface area contributed by atoms with E-state index in [2.05, 4.69) is 15.7 Å². The highest BCUT2D eigenvalue weighted by Crippen LogP contribution is 2.26. The zero-order chi connectivity index (χ0) is 13.8. The van der Waals surface area contributed by atoms with E-state index in [-0.39, 0.29) is 11.7 Å². The van der Waals surface area contributed by atoms with Gasteiger partial charge in [0.1, 0.15) is 0 Å². The molecule has 2 rings (SSSR count). The number of aromatic nitrogens is 1. The number of nitrogen functional groups attached to an aromatic ring is 1. The number of rotatable bonds is 3. The van der Waals surface area contributed by atoms with Crippen LogP contribution in [0, 0.1) is 0 Å². The summed E-state index contributed by atoms with van der Waals surface area (Å²) < 4.78 is 0. The van der Waals surface area contributed by atoms with Crippen LogP contribution in [0.1, 0.15) is 10.4 Å². The fourth-order valence-corrected chi connectivity index (χ4v) is 1.94. The van der Waals surface area contributed by atoms with Gasteiger partial charge in [0.15, 0.2) is 5.82 Å². The molecule has 1 heterocycles. The van der Waals surface area contributed by atoms with Gasteiger partial charge < -0.3 is 10.7 Å². The number of hydrogen-bond donors (Lipinski definition) is 3. The van der Waals surface area contributed by atoms with Gasteiger partial charge >= 0.3 is 0 Å². The highest BCUT2D eigenvalue weighted by atomic mass is 35.5. The number of halogens is 2. The summed E-state index contributed by atoms with van der Waals surface area (Å²) >= 11 is 11.8. The maximum atomic E-state index is 12.1. The van der Waals surface area contributed by atoms with Gasteiger partial charge in [0.2, 0.25) is 0 Å². The van der Waals surface area contributed by atoms with Gasteiger partial charge in [-0.2, -0.15) is 0 Å². The van der Waals surface area contributed by atoms with Crippen LogP contribution in [0.25, 0.3) is 0 Å². The van der Waals surface area contributed by atoms with E-state index < -0.39 is 0 Å². The number of carbonyl (C=O) groups excluding carboxylic acids is 1. The molecule has 0 aliphatic carbocycles. The first-order valence-electron chi connectivity index (χ1n) is 5.30. The minimum Gasteiger partial charge on any atom is -0.321 e. The molecule has 0 aliphatic rings. The molecular weight excluding hydrogens is 287 g/mol. The molecule has 1 aromatic carbocycles. The van der Waals surface area contributed by atoms with Gasteiger partial charge in [0.25, 0.3) is 5.91 Å². The van der Waals surface area contributed by atoms with Crippen molar-refractivity contribution >= 4 is 40.6 Å². The predicted molar refractivity (Wildman–Crippen MR) is 76.5 cm³/mol. The number of hydrogen-bond acceptors (Lipinski definition) is 4. The molecule has 0 saturated carbocycles. The van der Waals surface area contributed by atoms with Crippen LogP contribution >= 0.6 is 23.2 Å². The van der Waals surface area contributed by atoms with Crippen molar-refractivity contribution in [3.63, 3.8) is 0 Å². The highest BCUT2D eigenvalue weighted by Gasteiger charge is 2.13. The van der Waals surface area contributed by atoms with Gasteiger partial charge in [-0.1, -0.05) is 23.2 Å². The van der Waals surface area contributed by atoms with Crippen molar-refractivity contribution in [2.24, 2.45) is 5.84 Å². The Kier molecular flexibility index (Phi) is 4.21. The van der Waals surface area contributed by atoms with Crippen LogP contribution in [-0.2, 0) is 0 Å². The standard InChI is InChI=1S/C12H10Cl2N4O/c13-7-3-4-10(9(14)6-7)17-12(19)8-2-1-5-16-11(8)18-15/h1-6H,15H2,(H,16,18)(H,17,19). The molecule has 0 spiro atoms. The Morgan fingerprint density at radius 1 is 1.26 bits per heavy atom. The van der Waals surface area contributed by atoms with E-state index in [1.165, 1.54) is 6.20 Å². The van der Waals surface area contributed by atoms with Crippen LogP contribution in [0.5, 0.6) is 0 Å². The first-order chi connectivity index (χ1) is 9.11. The molecule has 19 heavy (non-hydrogen) atoms. The summed E-state index contributed by atoms with van der Waals surface area (Å²) in [6, 6.07) is 8.04. The topological polar surface area (TPSA) is 80.0 Å². The molecule has 0 aliphatic heterocycles. The molecule has 0 radical (unpaired) electrons. The van der Waals surface area contributed by atoms with Gasteiger partial charge in [0, 0.05) is 11.2 Å². The van der Waals surface area contributed by atoms with Crippen LogP contribution in [0.3, 0.4) is 0 Å². The van der Waals surface area contributed by atoms with E-state index in [4.69, 9.17) is 29.0 Å². The number of nitrogens with two attached hydrogens (primary N) is 1. The molecule has 4 N–H and O–H groups in total. The monoisotopic (exact) mass is 296 g/mol. The quantitative estimate of drug-likeness (QED) is 0.601. The second kappa shape index (κ2) is 5.88. The van der Waals surface area contributed by atoms with E-state index in [0.717, 1.165) is 0 Å². The first-order valence-corrected chi connectivity index (χ1v) is 6.05. The molecule has 1 aromatic heterocycles. The molecule has 0 fully saturated rings. The molecular formula is C12H10Cl2N4O. The van der Waals surface area contributed by atoms with Crippen molar-refractivity contribution in [3.05, 3.63) is 52.1 Å². The number of amides is 1.